The van der Waals surface area contributed by atoms with E-state index < -0.39 is 15.6 Å². The van der Waals surface area contributed by atoms with Crippen molar-refractivity contribution in [2.45, 2.75) is 37.2 Å². The first-order valence-corrected chi connectivity index (χ1v) is 12.3. The van der Waals surface area contributed by atoms with Gasteiger partial charge in [0.25, 0.3) is 0 Å². The Morgan fingerprint density at radius 2 is 2.06 bits per heavy atom. The van der Waals surface area contributed by atoms with Crippen LogP contribution in [0.1, 0.15) is 20.3 Å². The Hall–Kier alpha value is -3.17. The van der Waals surface area contributed by atoms with Crippen LogP contribution in [0.15, 0.2) is 66.0 Å². The Labute approximate surface area is 193 Å². The lowest BCUT2D eigenvalue weighted by Gasteiger charge is -2.30. The summed E-state index contributed by atoms with van der Waals surface area (Å²) in [7, 11) is -2.10. The van der Waals surface area contributed by atoms with Crippen molar-refractivity contribution in [3.63, 3.8) is 0 Å². The van der Waals surface area contributed by atoms with Crippen LogP contribution in [-0.2, 0) is 16.6 Å². The third-order valence-electron chi connectivity index (χ3n) is 6.39. The van der Waals surface area contributed by atoms with Crippen molar-refractivity contribution in [2.24, 2.45) is 5.92 Å². The normalized spacial score (nSPS) is 18.7. The Balaban J connectivity index is 1.39. The third kappa shape index (κ3) is 3.91. The summed E-state index contributed by atoms with van der Waals surface area (Å²) in [4.78, 5) is 5.01. The lowest BCUT2D eigenvalue weighted by Crippen LogP contribution is -2.42. The van der Waals surface area contributed by atoms with Gasteiger partial charge in [-0.25, -0.2) is 13.4 Å². The number of methoxy groups -OCH3 is 1. The lowest BCUT2D eigenvalue weighted by atomic mass is 9.97. The lowest BCUT2D eigenvalue weighted by molar-refractivity contribution is 0.291. The molecule has 0 bridgehead atoms. The molecule has 172 valence electrons. The standard InChI is InChI=1S/C24H27N5O3S/c1-24(2)12-17(16-29(24)33(30,31)20-6-4-5-19(11-20)32-3)15-28-10-9-22-23(28)8-7-21(27-22)18-13-25-26-14-18/h4-11,13-14,17H,12,15-16H2,1-3H3,(H,25,26). The second kappa shape index (κ2) is 8.00. The molecule has 1 fully saturated rings. The van der Waals surface area contributed by atoms with Gasteiger partial charge in [-0.3, -0.25) is 5.10 Å². The molecule has 0 amide bonds. The second-order valence-corrected chi connectivity index (χ2v) is 11.0. The number of rotatable bonds is 6. The largest absolute Gasteiger partial charge is 0.497 e. The predicted octanol–water partition coefficient (Wildman–Crippen LogP) is 3.92. The molecule has 1 N–H and O–H groups in total. The van der Waals surface area contributed by atoms with Gasteiger partial charge in [0.1, 0.15) is 5.75 Å². The molecule has 1 aliphatic rings. The number of H-pyrrole nitrogens is 1. The van der Waals surface area contributed by atoms with Crippen molar-refractivity contribution in [2.75, 3.05) is 13.7 Å². The zero-order valence-corrected chi connectivity index (χ0v) is 19.7. The summed E-state index contributed by atoms with van der Waals surface area (Å²) in [6, 6.07) is 12.7. The molecule has 1 aromatic carbocycles. The Bertz CT molecular complexity index is 1390. The first kappa shape index (κ1) is 21.7. The summed E-state index contributed by atoms with van der Waals surface area (Å²) in [6.45, 7) is 5.19. The van der Waals surface area contributed by atoms with Crippen molar-refractivity contribution >= 4 is 21.1 Å². The number of benzene rings is 1. The second-order valence-electron chi connectivity index (χ2n) is 9.15. The van der Waals surface area contributed by atoms with Crippen LogP contribution < -0.4 is 4.74 Å². The molecule has 0 aliphatic carbocycles. The monoisotopic (exact) mass is 465 g/mol. The van der Waals surface area contributed by atoms with Crippen LogP contribution in [0.5, 0.6) is 5.75 Å². The average Bonchev–Trinajstić information content (AvgIpc) is 3.53. The minimum atomic E-state index is -3.64. The maximum Gasteiger partial charge on any atom is 0.243 e. The van der Waals surface area contributed by atoms with E-state index in [9.17, 15) is 8.42 Å². The summed E-state index contributed by atoms with van der Waals surface area (Å²) in [5.41, 5.74) is 3.27. The predicted molar refractivity (Wildman–Crippen MR) is 126 cm³/mol. The summed E-state index contributed by atoms with van der Waals surface area (Å²) >= 11 is 0. The fourth-order valence-corrected chi connectivity index (χ4v) is 6.75. The van der Waals surface area contributed by atoms with E-state index in [1.807, 2.05) is 38.4 Å². The van der Waals surface area contributed by atoms with E-state index in [4.69, 9.17) is 9.72 Å². The highest BCUT2D eigenvalue weighted by Crippen LogP contribution is 2.38. The highest BCUT2D eigenvalue weighted by molar-refractivity contribution is 7.89. The van der Waals surface area contributed by atoms with E-state index in [1.165, 1.54) is 7.11 Å². The number of hydrogen-bond donors (Lipinski definition) is 1. The molecular formula is C24H27N5O3S. The maximum absolute atomic E-state index is 13.5. The molecule has 4 heterocycles. The number of fused-ring (bicyclic) bond motifs is 1. The minimum absolute atomic E-state index is 0.185. The zero-order valence-electron chi connectivity index (χ0n) is 18.9. The van der Waals surface area contributed by atoms with E-state index >= 15 is 0 Å². The number of pyridine rings is 1. The van der Waals surface area contributed by atoms with Gasteiger partial charge >= 0.3 is 0 Å². The van der Waals surface area contributed by atoms with E-state index in [1.54, 1.807) is 34.8 Å². The molecule has 0 radical (unpaired) electrons. The number of sulfonamides is 1. The first-order valence-electron chi connectivity index (χ1n) is 10.9. The van der Waals surface area contributed by atoms with Gasteiger partial charge in [0.05, 0.1) is 34.9 Å². The molecule has 0 spiro atoms. The van der Waals surface area contributed by atoms with Gasteiger partial charge < -0.3 is 9.30 Å². The Morgan fingerprint density at radius 1 is 1.21 bits per heavy atom. The topological polar surface area (TPSA) is 93.1 Å². The van der Waals surface area contributed by atoms with Gasteiger partial charge in [0, 0.05) is 42.7 Å². The van der Waals surface area contributed by atoms with Gasteiger partial charge in [-0.1, -0.05) is 6.07 Å². The Morgan fingerprint density at radius 3 is 2.82 bits per heavy atom. The van der Waals surface area contributed by atoms with Crippen LogP contribution in [0.25, 0.3) is 22.3 Å². The molecule has 4 aromatic rings. The van der Waals surface area contributed by atoms with E-state index in [-0.39, 0.29) is 10.8 Å². The van der Waals surface area contributed by atoms with Crippen LogP contribution in [0.2, 0.25) is 0 Å². The summed E-state index contributed by atoms with van der Waals surface area (Å²) in [5, 5.41) is 6.81. The van der Waals surface area contributed by atoms with Crippen LogP contribution in [0.4, 0.5) is 0 Å². The van der Waals surface area contributed by atoms with Crippen LogP contribution in [0.3, 0.4) is 0 Å². The number of hydrogen-bond acceptors (Lipinski definition) is 5. The number of aromatic amines is 1. The molecule has 33 heavy (non-hydrogen) atoms. The first-order chi connectivity index (χ1) is 15.8. The van der Waals surface area contributed by atoms with Crippen molar-refractivity contribution in [3.8, 4) is 17.0 Å². The maximum atomic E-state index is 13.5. The van der Waals surface area contributed by atoms with E-state index in [0.717, 1.165) is 35.3 Å². The molecular weight excluding hydrogens is 438 g/mol. The molecule has 1 saturated heterocycles. The SMILES string of the molecule is COc1cccc(S(=O)(=O)N2CC(Cn3ccc4nc(-c5cn[nH]c5)ccc43)CC2(C)C)c1. The quantitative estimate of drug-likeness (QED) is 0.466. The van der Waals surface area contributed by atoms with E-state index in [0.29, 0.717) is 12.3 Å². The molecule has 1 atom stereocenters. The number of aromatic nitrogens is 4. The zero-order chi connectivity index (χ0) is 23.2. The molecule has 0 saturated carbocycles. The molecule has 1 unspecified atom stereocenters. The van der Waals surface area contributed by atoms with E-state index in [2.05, 4.69) is 20.8 Å². The third-order valence-corrected chi connectivity index (χ3v) is 8.46. The molecule has 9 heteroatoms. The summed E-state index contributed by atoms with van der Waals surface area (Å²) in [6.07, 6.45) is 6.38. The number of ether oxygens (including phenoxy) is 1. The fraction of sp³-hybridized carbons (Fsp3) is 0.333. The van der Waals surface area contributed by atoms with Gasteiger partial charge in [-0.2, -0.15) is 9.40 Å². The molecule has 3 aromatic heterocycles. The fourth-order valence-electron chi connectivity index (χ4n) is 4.85. The van der Waals surface area contributed by atoms with Gasteiger partial charge in [0.2, 0.25) is 10.0 Å². The highest BCUT2D eigenvalue weighted by Gasteiger charge is 2.45. The molecule has 8 nitrogen and oxygen atoms in total. The van der Waals surface area contributed by atoms with Crippen LogP contribution in [-0.4, -0.2) is 51.7 Å². The summed E-state index contributed by atoms with van der Waals surface area (Å²) in [5.74, 6) is 0.718. The number of nitrogens with zero attached hydrogens (tertiary/aromatic N) is 4. The molecule has 1 aliphatic heterocycles. The number of nitrogens with one attached hydrogen (secondary N) is 1. The highest BCUT2D eigenvalue weighted by atomic mass is 32.2. The Kier molecular flexibility index (Phi) is 5.25. The molecule has 5 rings (SSSR count). The minimum Gasteiger partial charge on any atom is -0.497 e. The van der Waals surface area contributed by atoms with Crippen molar-refractivity contribution in [1.82, 2.24) is 24.1 Å². The van der Waals surface area contributed by atoms with Crippen molar-refractivity contribution in [1.29, 1.82) is 0 Å². The van der Waals surface area contributed by atoms with Crippen LogP contribution >= 0.6 is 0 Å². The smallest absolute Gasteiger partial charge is 0.243 e. The van der Waals surface area contributed by atoms with Crippen molar-refractivity contribution in [3.05, 3.63) is 61.1 Å². The van der Waals surface area contributed by atoms with Gasteiger partial charge in [-0.15, -0.1) is 0 Å². The van der Waals surface area contributed by atoms with Gasteiger partial charge in [0.15, 0.2) is 0 Å². The van der Waals surface area contributed by atoms with Gasteiger partial charge in [-0.05, 0) is 56.5 Å². The van der Waals surface area contributed by atoms with Crippen molar-refractivity contribution < 1.29 is 13.2 Å². The van der Waals surface area contributed by atoms with Crippen LogP contribution in [0, 0.1) is 5.92 Å². The summed E-state index contributed by atoms with van der Waals surface area (Å²) < 4.78 is 36.0. The average molecular weight is 466 g/mol.